The summed E-state index contributed by atoms with van der Waals surface area (Å²) in [5.41, 5.74) is 5.89. The smallest absolute Gasteiger partial charge is 0.0643 e. The predicted molar refractivity (Wildman–Crippen MR) is 48.0 cm³/mol. The molecule has 1 heterocycles. The van der Waals surface area contributed by atoms with Crippen molar-refractivity contribution in [3.05, 3.63) is 0 Å². The van der Waals surface area contributed by atoms with E-state index in [-0.39, 0.29) is 0 Å². The van der Waals surface area contributed by atoms with Gasteiger partial charge in [-0.3, -0.25) is 0 Å². The highest BCUT2D eigenvalue weighted by Crippen LogP contribution is 2.18. The quantitative estimate of drug-likeness (QED) is 0.624. The van der Waals surface area contributed by atoms with Gasteiger partial charge in [-0.2, -0.15) is 0 Å². The normalized spacial score (nSPS) is 37.8. The molecule has 0 bridgehead atoms. The molecule has 0 aromatic carbocycles. The van der Waals surface area contributed by atoms with Crippen molar-refractivity contribution < 1.29 is 4.74 Å². The van der Waals surface area contributed by atoms with Crippen LogP contribution in [0.4, 0.5) is 0 Å². The van der Waals surface area contributed by atoms with Crippen LogP contribution in [-0.2, 0) is 4.74 Å². The summed E-state index contributed by atoms with van der Waals surface area (Å²) in [7, 11) is 0. The Labute approximate surface area is 73.7 Å². The molecular formula is C9H18N2O. The lowest BCUT2D eigenvalue weighted by Crippen LogP contribution is -2.52. The second kappa shape index (κ2) is 3.73. The molecule has 1 aliphatic heterocycles. The summed E-state index contributed by atoms with van der Waals surface area (Å²) in [6.45, 7) is 1.79. The van der Waals surface area contributed by atoms with Gasteiger partial charge in [-0.15, -0.1) is 0 Å². The first-order valence-electron chi connectivity index (χ1n) is 4.94. The van der Waals surface area contributed by atoms with E-state index >= 15 is 0 Å². The summed E-state index contributed by atoms with van der Waals surface area (Å²) in [5.74, 6) is 0. The summed E-state index contributed by atoms with van der Waals surface area (Å²) in [6.07, 6.45) is 4.94. The lowest BCUT2D eigenvalue weighted by Gasteiger charge is -2.35. The Balaban J connectivity index is 1.71. The summed E-state index contributed by atoms with van der Waals surface area (Å²) >= 11 is 0. The first kappa shape index (κ1) is 8.48. The van der Waals surface area contributed by atoms with Gasteiger partial charge in [0.2, 0.25) is 0 Å². The molecule has 1 aliphatic carbocycles. The fourth-order valence-electron chi connectivity index (χ4n) is 2.04. The molecule has 1 saturated heterocycles. The minimum atomic E-state index is 0.428. The van der Waals surface area contributed by atoms with Gasteiger partial charge in [0, 0.05) is 12.1 Å². The van der Waals surface area contributed by atoms with E-state index in [1.165, 1.54) is 19.3 Å². The largest absolute Gasteiger partial charge is 0.378 e. The van der Waals surface area contributed by atoms with Gasteiger partial charge in [-0.25, -0.2) is 0 Å². The number of hydrogen-bond donors (Lipinski definition) is 2. The van der Waals surface area contributed by atoms with Gasteiger partial charge in [-0.1, -0.05) is 6.42 Å². The maximum Gasteiger partial charge on any atom is 0.0643 e. The van der Waals surface area contributed by atoms with Gasteiger partial charge in [-0.05, 0) is 19.3 Å². The molecule has 2 rings (SSSR count). The Morgan fingerprint density at radius 2 is 2.00 bits per heavy atom. The SMILES string of the molecule is NC1CCCC(NC2COC2)C1. The Hall–Kier alpha value is -0.120. The van der Waals surface area contributed by atoms with Crippen LogP contribution in [0.2, 0.25) is 0 Å². The van der Waals surface area contributed by atoms with E-state index in [9.17, 15) is 0 Å². The van der Waals surface area contributed by atoms with E-state index in [2.05, 4.69) is 5.32 Å². The third-order valence-electron chi connectivity index (χ3n) is 2.82. The molecule has 2 unspecified atom stereocenters. The van der Waals surface area contributed by atoms with E-state index in [0.717, 1.165) is 19.6 Å². The molecule has 2 fully saturated rings. The van der Waals surface area contributed by atoms with Crippen molar-refractivity contribution in [1.29, 1.82) is 0 Å². The summed E-state index contributed by atoms with van der Waals surface area (Å²) in [6, 6.07) is 1.69. The zero-order valence-corrected chi connectivity index (χ0v) is 7.46. The number of ether oxygens (including phenoxy) is 1. The fourth-order valence-corrected chi connectivity index (χ4v) is 2.04. The standard InChI is InChI=1S/C9H18N2O/c10-7-2-1-3-8(4-7)11-9-5-12-6-9/h7-9,11H,1-6,10H2. The first-order valence-corrected chi connectivity index (χ1v) is 4.94. The van der Waals surface area contributed by atoms with Crippen molar-refractivity contribution >= 4 is 0 Å². The summed E-state index contributed by atoms with van der Waals surface area (Å²) in [5, 5.41) is 3.58. The lowest BCUT2D eigenvalue weighted by atomic mass is 9.91. The highest BCUT2D eigenvalue weighted by Gasteiger charge is 2.25. The van der Waals surface area contributed by atoms with Crippen molar-refractivity contribution in [1.82, 2.24) is 5.32 Å². The van der Waals surface area contributed by atoms with Gasteiger partial charge < -0.3 is 15.8 Å². The molecule has 3 N–H and O–H groups in total. The monoisotopic (exact) mass is 170 g/mol. The van der Waals surface area contributed by atoms with Gasteiger partial charge >= 0.3 is 0 Å². The fraction of sp³-hybridized carbons (Fsp3) is 1.00. The van der Waals surface area contributed by atoms with E-state index < -0.39 is 0 Å². The topological polar surface area (TPSA) is 47.3 Å². The van der Waals surface area contributed by atoms with Crippen LogP contribution < -0.4 is 11.1 Å². The number of nitrogens with two attached hydrogens (primary N) is 1. The summed E-state index contributed by atoms with van der Waals surface area (Å²) in [4.78, 5) is 0. The van der Waals surface area contributed by atoms with E-state index in [4.69, 9.17) is 10.5 Å². The highest BCUT2D eigenvalue weighted by molar-refractivity contribution is 4.84. The molecule has 0 aromatic heterocycles. The van der Waals surface area contributed by atoms with Crippen molar-refractivity contribution in [2.75, 3.05) is 13.2 Å². The summed E-state index contributed by atoms with van der Waals surface area (Å²) < 4.78 is 5.11. The second-order valence-corrected chi connectivity index (χ2v) is 4.02. The lowest BCUT2D eigenvalue weighted by molar-refractivity contribution is -0.0122. The molecule has 0 amide bonds. The Kier molecular flexibility index (Phi) is 2.63. The second-order valence-electron chi connectivity index (χ2n) is 4.02. The maximum absolute atomic E-state index is 5.89. The number of hydrogen-bond acceptors (Lipinski definition) is 3. The van der Waals surface area contributed by atoms with Crippen LogP contribution in [0, 0.1) is 0 Å². The zero-order chi connectivity index (χ0) is 8.39. The molecule has 12 heavy (non-hydrogen) atoms. The van der Waals surface area contributed by atoms with Crippen LogP contribution >= 0.6 is 0 Å². The number of nitrogens with one attached hydrogen (secondary N) is 1. The Bertz CT molecular complexity index is 147. The van der Waals surface area contributed by atoms with E-state index in [1.807, 2.05) is 0 Å². The minimum Gasteiger partial charge on any atom is -0.378 e. The van der Waals surface area contributed by atoms with Gasteiger partial charge in [0.25, 0.3) is 0 Å². The zero-order valence-electron chi connectivity index (χ0n) is 7.46. The molecule has 3 heteroatoms. The number of rotatable bonds is 2. The minimum absolute atomic E-state index is 0.428. The maximum atomic E-state index is 5.89. The van der Waals surface area contributed by atoms with Crippen molar-refractivity contribution in [3.63, 3.8) is 0 Å². The average Bonchev–Trinajstić information content (AvgIpc) is 1.97. The van der Waals surface area contributed by atoms with Crippen LogP contribution in [0.15, 0.2) is 0 Å². The van der Waals surface area contributed by atoms with Crippen LogP contribution in [0.1, 0.15) is 25.7 Å². The average molecular weight is 170 g/mol. The van der Waals surface area contributed by atoms with Crippen molar-refractivity contribution in [3.8, 4) is 0 Å². The van der Waals surface area contributed by atoms with Gasteiger partial charge in [0.1, 0.15) is 0 Å². The van der Waals surface area contributed by atoms with Crippen molar-refractivity contribution in [2.45, 2.75) is 43.8 Å². The highest BCUT2D eigenvalue weighted by atomic mass is 16.5. The molecule has 0 aromatic rings. The molecule has 2 atom stereocenters. The van der Waals surface area contributed by atoms with E-state index in [0.29, 0.717) is 18.1 Å². The van der Waals surface area contributed by atoms with E-state index in [1.54, 1.807) is 0 Å². The van der Waals surface area contributed by atoms with Crippen LogP contribution in [-0.4, -0.2) is 31.3 Å². The molecule has 3 nitrogen and oxygen atoms in total. The van der Waals surface area contributed by atoms with Crippen LogP contribution in [0.25, 0.3) is 0 Å². The van der Waals surface area contributed by atoms with Crippen LogP contribution in [0.5, 0.6) is 0 Å². The molecule has 1 saturated carbocycles. The van der Waals surface area contributed by atoms with Crippen LogP contribution in [0.3, 0.4) is 0 Å². The third kappa shape index (κ3) is 1.97. The molecule has 70 valence electrons. The first-order chi connectivity index (χ1) is 5.84. The predicted octanol–water partition coefficient (Wildman–Crippen LogP) is 0.245. The van der Waals surface area contributed by atoms with Gasteiger partial charge in [0.05, 0.1) is 19.3 Å². The molecular weight excluding hydrogens is 152 g/mol. The molecule has 2 aliphatic rings. The molecule has 0 radical (unpaired) electrons. The third-order valence-corrected chi connectivity index (χ3v) is 2.82. The molecule has 0 spiro atoms. The van der Waals surface area contributed by atoms with Gasteiger partial charge in [0.15, 0.2) is 0 Å². The Morgan fingerprint density at radius 1 is 1.17 bits per heavy atom. The Morgan fingerprint density at radius 3 is 2.58 bits per heavy atom. The van der Waals surface area contributed by atoms with Crippen molar-refractivity contribution in [2.24, 2.45) is 5.73 Å².